The van der Waals surface area contributed by atoms with Crippen molar-refractivity contribution in [3.63, 3.8) is 0 Å². The molecule has 2 N–H and O–H groups in total. The average Bonchev–Trinajstić information content (AvgIpc) is 2.36. The number of aliphatic hydroxyl groups is 1. The number of hydrogen-bond donors (Lipinski definition) is 2. The standard InChI is InChI=1S/C6H7NOS2/c8-5-3-7-10-6-4(5)1-2-9-6/h1-2,5,7-8H,3H2. The molecule has 1 aliphatic heterocycles. The van der Waals surface area contributed by atoms with Crippen molar-refractivity contribution in [1.29, 1.82) is 0 Å². The Morgan fingerprint density at radius 1 is 1.70 bits per heavy atom. The number of thiophene rings is 1. The van der Waals surface area contributed by atoms with Gasteiger partial charge in [0.1, 0.15) is 0 Å². The molecule has 0 fully saturated rings. The zero-order valence-electron chi connectivity index (χ0n) is 5.20. The van der Waals surface area contributed by atoms with Gasteiger partial charge in [-0.05, 0) is 23.4 Å². The molecule has 0 saturated carbocycles. The first-order valence-corrected chi connectivity index (χ1v) is 4.72. The Bertz CT molecular complexity index is 235. The second-order valence-corrected chi connectivity index (χ2v) is 4.21. The molecule has 4 heteroatoms. The van der Waals surface area contributed by atoms with Gasteiger partial charge in [-0.25, -0.2) is 0 Å². The van der Waals surface area contributed by atoms with Gasteiger partial charge in [-0.3, -0.25) is 4.72 Å². The molecule has 0 amide bonds. The summed E-state index contributed by atoms with van der Waals surface area (Å²) < 4.78 is 4.25. The first kappa shape index (κ1) is 6.67. The van der Waals surface area contributed by atoms with Crippen LogP contribution in [-0.2, 0) is 0 Å². The molecule has 0 aliphatic carbocycles. The van der Waals surface area contributed by atoms with E-state index in [1.54, 1.807) is 23.3 Å². The number of hydrogen-bond acceptors (Lipinski definition) is 4. The third kappa shape index (κ3) is 0.971. The highest BCUT2D eigenvalue weighted by molar-refractivity contribution is 7.99. The van der Waals surface area contributed by atoms with Crippen molar-refractivity contribution in [1.82, 2.24) is 4.72 Å². The van der Waals surface area contributed by atoms with E-state index in [9.17, 15) is 5.11 Å². The summed E-state index contributed by atoms with van der Waals surface area (Å²) in [6.07, 6.45) is -0.303. The fraction of sp³-hybridized carbons (Fsp3) is 0.333. The number of aliphatic hydroxyl groups excluding tert-OH is 1. The SMILES string of the molecule is OC1CNSc2sccc21. The van der Waals surface area contributed by atoms with E-state index in [4.69, 9.17) is 0 Å². The fourth-order valence-electron chi connectivity index (χ4n) is 0.931. The number of fused-ring (bicyclic) bond motifs is 1. The largest absolute Gasteiger partial charge is 0.387 e. The van der Waals surface area contributed by atoms with Crippen molar-refractivity contribution in [2.45, 2.75) is 10.3 Å². The van der Waals surface area contributed by atoms with Crippen LogP contribution in [0, 0.1) is 0 Å². The molecular formula is C6H7NOS2. The van der Waals surface area contributed by atoms with Crippen molar-refractivity contribution >= 4 is 23.3 Å². The van der Waals surface area contributed by atoms with E-state index in [1.165, 1.54) is 4.21 Å². The summed E-state index contributed by atoms with van der Waals surface area (Å²) in [5, 5.41) is 11.4. The summed E-state index contributed by atoms with van der Waals surface area (Å²) >= 11 is 3.28. The number of β-amino-alcohol motifs (C(OH)–C–C–N with tert-alkyl or cyclic N) is 1. The zero-order chi connectivity index (χ0) is 6.97. The molecule has 54 valence electrons. The monoisotopic (exact) mass is 173 g/mol. The van der Waals surface area contributed by atoms with Crippen LogP contribution < -0.4 is 4.72 Å². The lowest BCUT2D eigenvalue weighted by molar-refractivity contribution is 0.178. The summed E-state index contributed by atoms with van der Waals surface area (Å²) in [4.78, 5) is 0. The minimum Gasteiger partial charge on any atom is -0.387 e. The van der Waals surface area contributed by atoms with Gasteiger partial charge in [0.05, 0.1) is 10.3 Å². The van der Waals surface area contributed by atoms with Gasteiger partial charge in [0, 0.05) is 12.1 Å². The lowest BCUT2D eigenvalue weighted by atomic mass is 10.2. The van der Waals surface area contributed by atoms with Gasteiger partial charge in [-0.1, -0.05) is 0 Å². The first-order chi connectivity index (χ1) is 4.88. The van der Waals surface area contributed by atoms with E-state index in [2.05, 4.69) is 4.72 Å². The van der Waals surface area contributed by atoms with E-state index in [-0.39, 0.29) is 6.10 Å². The Hall–Kier alpha value is -0.0300. The highest BCUT2D eigenvalue weighted by Crippen LogP contribution is 2.34. The molecule has 0 bridgehead atoms. The molecule has 1 aromatic heterocycles. The van der Waals surface area contributed by atoms with Gasteiger partial charge >= 0.3 is 0 Å². The molecule has 1 atom stereocenters. The predicted octanol–water partition coefficient (Wildman–Crippen LogP) is 1.39. The van der Waals surface area contributed by atoms with Crippen molar-refractivity contribution in [2.24, 2.45) is 0 Å². The Balaban J connectivity index is 2.41. The fourth-order valence-corrected chi connectivity index (χ4v) is 2.84. The third-order valence-electron chi connectivity index (χ3n) is 1.46. The minimum atomic E-state index is -0.303. The second kappa shape index (κ2) is 2.54. The van der Waals surface area contributed by atoms with E-state index in [1.807, 2.05) is 11.4 Å². The quantitative estimate of drug-likeness (QED) is 0.581. The topological polar surface area (TPSA) is 32.3 Å². The maximum Gasteiger partial charge on any atom is 0.0943 e. The zero-order valence-corrected chi connectivity index (χ0v) is 6.84. The molecule has 0 radical (unpaired) electrons. The van der Waals surface area contributed by atoms with Crippen LogP contribution in [0.25, 0.3) is 0 Å². The molecule has 0 spiro atoms. The van der Waals surface area contributed by atoms with Crippen LogP contribution in [-0.4, -0.2) is 11.7 Å². The van der Waals surface area contributed by atoms with E-state index >= 15 is 0 Å². The molecule has 2 nitrogen and oxygen atoms in total. The van der Waals surface area contributed by atoms with Gasteiger partial charge in [0.2, 0.25) is 0 Å². The number of rotatable bonds is 0. The average molecular weight is 173 g/mol. The lowest BCUT2D eigenvalue weighted by Crippen LogP contribution is -2.19. The van der Waals surface area contributed by atoms with Crippen molar-refractivity contribution in [3.05, 3.63) is 17.0 Å². The van der Waals surface area contributed by atoms with Crippen LogP contribution in [0.15, 0.2) is 15.7 Å². The van der Waals surface area contributed by atoms with Crippen molar-refractivity contribution in [3.8, 4) is 0 Å². The van der Waals surface area contributed by atoms with Crippen LogP contribution >= 0.6 is 23.3 Å². The molecule has 0 aromatic carbocycles. The molecule has 1 aromatic rings. The molecule has 0 saturated heterocycles. The van der Waals surface area contributed by atoms with Gasteiger partial charge < -0.3 is 5.11 Å². The lowest BCUT2D eigenvalue weighted by Gasteiger charge is -2.16. The van der Waals surface area contributed by atoms with Crippen LogP contribution in [0.4, 0.5) is 0 Å². The smallest absolute Gasteiger partial charge is 0.0943 e. The predicted molar refractivity (Wildman–Crippen MR) is 43.1 cm³/mol. The highest BCUT2D eigenvalue weighted by atomic mass is 32.2. The normalized spacial score (nSPS) is 24.3. The molecule has 10 heavy (non-hydrogen) atoms. The van der Waals surface area contributed by atoms with Crippen LogP contribution in [0.3, 0.4) is 0 Å². The number of nitrogens with one attached hydrogen (secondary N) is 1. The summed E-state index contributed by atoms with van der Waals surface area (Å²) in [6.45, 7) is 0.661. The molecule has 1 unspecified atom stereocenters. The summed E-state index contributed by atoms with van der Waals surface area (Å²) in [5.74, 6) is 0. The Morgan fingerprint density at radius 3 is 3.40 bits per heavy atom. The van der Waals surface area contributed by atoms with Crippen LogP contribution in [0.1, 0.15) is 11.7 Å². The van der Waals surface area contributed by atoms with E-state index < -0.39 is 0 Å². The first-order valence-electron chi connectivity index (χ1n) is 3.03. The van der Waals surface area contributed by atoms with E-state index in [0.717, 1.165) is 5.56 Å². The minimum absolute atomic E-state index is 0.303. The van der Waals surface area contributed by atoms with E-state index in [0.29, 0.717) is 6.54 Å². The maximum absolute atomic E-state index is 9.38. The van der Waals surface area contributed by atoms with Gasteiger partial charge in [0.15, 0.2) is 0 Å². The molecular weight excluding hydrogens is 166 g/mol. The maximum atomic E-state index is 9.38. The third-order valence-corrected chi connectivity index (χ3v) is 3.45. The summed E-state index contributed by atoms with van der Waals surface area (Å²) in [5.41, 5.74) is 1.08. The van der Waals surface area contributed by atoms with Gasteiger partial charge in [0.25, 0.3) is 0 Å². The molecule has 2 rings (SSSR count). The van der Waals surface area contributed by atoms with Gasteiger partial charge in [-0.2, -0.15) is 0 Å². The molecule has 2 heterocycles. The van der Waals surface area contributed by atoms with Crippen LogP contribution in [0.5, 0.6) is 0 Å². The summed E-state index contributed by atoms with van der Waals surface area (Å²) in [6, 6.07) is 1.98. The van der Waals surface area contributed by atoms with Crippen LogP contribution in [0.2, 0.25) is 0 Å². The molecule has 1 aliphatic rings. The van der Waals surface area contributed by atoms with Gasteiger partial charge in [-0.15, -0.1) is 11.3 Å². The second-order valence-electron chi connectivity index (χ2n) is 2.13. The Labute approximate surface area is 67.4 Å². The summed E-state index contributed by atoms with van der Waals surface area (Å²) in [7, 11) is 0. The Morgan fingerprint density at radius 2 is 2.60 bits per heavy atom. The Kier molecular flexibility index (Phi) is 1.69. The van der Waals surface area contributed by atoms with Crippen molar-refractivity contribution in [2.75, 3.05) is 6.54 Å². The highest BCUT2D eigenvalue weighted by Gasteiger charge is 2.18. The van der Waals surface area contributed by atoms with Crippen molar-refractivity contribution < 1.29 is 5.11 Å².